The van der Waals surface area contributed by atoms with E-state index in [2.05, 4.69) is 0 Å². The number of ether oxygens (including phenoxy) is 2. The van der Waals surface area contributed by atoms with Gasteiger partial charge in [-0.05, 0) is 68.3 Å². The topological polar surface area (TPSA) is 65.7 Å². The van der Waals surface area contributed by atoms with Gasteiger partial charge in [-0.3, -0.25) is 4.79 Å². The van der Waals surface area contributed by atoms with E-state index in [1.54, 1.807) is 45.0 Å². The van der Waals surface area contributed by atoms with Crippen molar-refractivity contribution < 1.29 is 31.9 Å². The first-order chi connectivity index (χ1) is 16.4. The molecule has 0 amide bonds. The molecule has 3 aromatic carbocycles. The van der Waals surface area contributed by atoms with Gasteiger partial charge >= 0.3 is 12.1 Å². The fourth-order valence-corrected chi connectivity index (χ4v) is 3.63. The third-order valence-electron chi connectivity index (χ3n) is 5.17. The Morgan fingerprint density at radius 1 is 0.943 bits per heavy atom. The molecule has 0 saturated carbocycles. The van der Waals surface area contributed by atoms with Crippen molar-refractivity contribution in [1.82, 2.24) is 0 Å². The van der Waals surface area contributed by atoms with Gasteiger partial charge in [-0.2, -0.15) is 13.2 Å². The molecule has 0 atom stereocenters. The maximum Gasteiger partial charge on any atom is 0.453 e. The first-order valence-electron chi connectivity index (χ1n) is 10.4. The smallest absolute Gasteiger partial charge is 0.449 e. The van der Waals surface area contributed by atoms with Gasteiger partial charge in [0.2, 0.25) is 11.2 Å². The monoisotopic (exact) mass is 502 g/mol. The highest BCUT2D eigenvalue weighted by Crippen LogP contribution is 2.39. The predicted molar refractivity (Wildman–Crippen MR) is 125 cm³/mol. The summed E-state index contributed by atoms with van der Waals surface area (Å²) in [6, 6.07) is 13.0. The highest BCUT2D eigenvalue weighted by atomic mass is 35.5. The molecule has 35 heavy (non-hydrogen) atoms. The molecular weight excluding hydrogens is 485 g/mol. The van der Waals surface area contributed by atoms with Crippen molar-refractivity contribution in [1.29, 1.82) is 0 Å². The molecule has 0 bridgehead atoms. The third-order valence-corrected chi connectivity index (χ3v) is 5.77. The number of benzene rings is 3. The van der Waals surface area contributed by atoms with Crippen LogP contribution in [0.2, 0.25) is 5.02 Å². The average Bonchev–Trinajstić information content (AvgIpc) is 2.78. The van der Waals surface area contributed by atoms with Crippen LogP contribution in [0.1, 0.15) is 32.8 Å². The SMILES string of the molecule is Cc1cccc(C(=O)Oc2ccc3c(=O)c(Oc4cc(C)c(Cl)c(C)c4)c(C(F)(F)F)oc3c2)c1. The summed E-state index contributed by atoms with van der Waals surface area (Å²) in [6.45, 7) is 5.12. The number of carbonyl (C=O) groups is 1. The molecule has 180 valence electrons. The fraction of sp³-hybridized carbons (Fsp3) is 0.154. The molecular formula is C26H18ClF3O5. The third kappa shape index (κ3) is 5.02. The van der Waals surface area contributed by atoms with Crippen LogP contribution in [0, 0.1) is 20.8 Å². The number of carbonyl (C=O) groups excluding carboxylic acids is 1. The van der Waals surface area contributed by atoms with Crippen LogP contribution in [-0.2, 0) is 6.18 Å². The lowest BCUT2D eigenvalue weighted by Gasteiger charge is -2.15. The molecule has 4 aromatic rings. The highest BCUT2D eigenvalue weighted by molar-refractivity contribution is 6.32. The maximum atomic E-state index is 13.8. The second kappa shape index (κ2) is 9.11. The van der Waals surface area contributed by atoms with Gasteiger partial charge < -0.3 is 13.9 Å². The van der Waals surface area contributed by atoms with Gasteiger partial charge in [0.1, 0.15) is 17.1 Å². The molecule has 0 N–H and O–H groups in total. The van der Waals surface area contributed by atoms with Crippen LogP contribution in [0.5, 0.6) is 17.2 Å². The minimum atomic E-state index is -5.03. The Morgan fingerprint density at radius 2 is 1.63 bits per heavy atom. The summed E-state index contributed by atoms with van der Waals surface area (Å²) in [5, 5.41) is 0.262. The Bertz CT molecular complexity index is 1500. The number of hydrogen-bond donors (Lipinski definition) is 0. The van der Waals surface area contributed by atoms with E-state index in [-0.39, 0.29) is 22.4 Å². The van der Waals surface area contributed by atoms with Crippen LogP contribution in [0.4, 0.5) is 13.2 Å². The Hall–Kier alpha value is -3.78. The van der Waals surface area contributed by atoms with E-state index in [1.807, 2.05) is 0 Å². The summed E-state index contributed by atoms with van der Waals surface area (Å²) in [5.41, 5.74) is 0.797. The van der Waals surface area contributed by atoms with Gasteiger partial charge in [0.05, 0.1) is 10.9 Å². The standard InChI is InChI=1S/C26H18ClF3O5/c1-13-5-4-6-16(9-13)25(32)34-17-7-8-19-20(12-17)35-24(26(28,29)30)23(22(19)31)33-18-10-14(2)21(27)15(3)11-18/h4-12H,1-3H3. The summed E-state index contributed by atoms with van der Waals surface area (Å²) < 4.78 is 57.2. The Kier molecular flexibility index (Phi) is 6.34. The number of alkyl halides is 3. The van der Waals surface area contributed by atoms with Crippen LogP contribution >= 0.6 is 11.6 Å². The zero-order valence-corrected chi connectivity index (χ0v) is 19.5. The summed E-state index contributed by atoms with van der Waals surface area (Å²) in [4.78, 5) is 25.4. The summed E-state index contributed by atoms with van der Waals surface area (Å²) >= 11 is 6.11. The zero-order valence-electron chi connectivity index (χ0n) is 18.7. The minimum absolute atomic E-state index is 0.00487. The number of fused-ring (bicyclic) bond motifs is 1. The zero-order chi connectivity index (χ0) is 25.5. The lowest BCUT2D eigenvalue weighted by Crippen LogP contribution is -2.16. The van der Waals surface area contributed by atoms with E-state index in [4.69, 9.17) is 25.5 Å². The number of rotatable bonds is 4. The number of aryl methyl sites for hydroxylation is 3. The van der Waals surface area contributed by atoms with Crippen LogP contribution in [0.25, 0.3) is 11.0 Å². The molecule has 0 aliphatic carbocycles. The minimum Gasteiger partial charge on any atom is -0.449 e. The average molecular weight is 503 g/mol. The Labute approximate surface area is 202 Å². The normalized spacial score (nSPS) is 11.5. The van der Waals surface area contributed by atoms with Gasteiger partial charge in [-0.1, -0.05) is 29.3 Å². The lowest BCUT2D eigenvalue weighted by atomic mass is 10.1. The van der Waals surface area contributed by atoms with E-state index in [9.17, 15) is 22.8 Å². The Morgan fingerprint density at radius 3 is 2.26 bits per heavy atom. The molecule has 4 rings (SSSR count). The lowest BCUT2D eigenvalue weighted by molar-refractivity contribution is -0.154. The number of halogens is 4. The number of esters is 1. The van der Waals surface area contributed by atoms with Gasteiger partial charge in [0, 0.05) is 11.1 Å². The van der Waals surface area contributed by atoms with Gasteiger partial charge in [0.25, 0.3) is 5.76 Å². The van der Waals surface area contributed by atoms with Crippen LogP contribution in [0.3, 0.4) is 0 Å². The van der Waals surface area contributed by atoms with Crippen molar-refractivity contribution in [3.05, 3.63) is 97.9 Å². The first-order valence-corrected chi connectivity index (χ1v) is 10.7. The van der Waals surface area contributed by atoms with Crippen molar-refractivity contribution in [3.8, 4) is 17.2 Å². The predicted octanol–water partition coefficient (Wildman–Crippen LogP) is 7.40. The molecule has 9 heteroatoms. The van der Waals surface area contributed by atoms with Gasteiger partial charge in [0.15, 0.2) is 0 Å². The molecule has 0 radical (unpaired) electrons. The summed E-state index contributed by atoms with van der Waals surface area (Å²) in [7, 11) is 0. The molecule has 0 aliphatic rings. The van der Waals surface area contributed by atoms with Crippen LogP contribution < -0.4 is 14.9 Å². The summed E-state index contributed by atoms with van der Waals surface area (Å²) in [5.74, 6) is -3.40. The largest absolute Gasteiger partial charge is 0.453 e. The van der Waals surface area contributed by atoms with Gasteiger partial charge in [-0.15, -0.1) is 0 Å². The van der Waals surface area contributed by atoms with Crippen LogP contribution in [-0.4, -0.2) is 5.97 Å². The maximum absolute atomic E-state index is 13.8. The Balaban J connectivity index is 1.77. The van der Waals surface area contributed by atoms with E-state index < -0.39 is 34.7 Å². The second-order valence-corrected chi connectivity index (χ2v) is 8.36. The van der Waals surface area contributed by atoms with Gasteiger partial charge in [-0.25, -0.2) is 4.79 Å². The van der Waals surface area contributed by atoms with E-state index >= 15 is 0 Å². The molecule has 1 aromatic heterocycles. The summed E-state index contributed by atoms with van der Waals surface area (Å²) in [6.07, 6.45) is -5.03. The van der Waals surface area contributed by atoms with Crippen molar-refractivity contribution in [3.63, 3.8) is 0 Å². The molecule has 0 saturated heterocycles. The second-order valence-electron chi connectivity index (χ2n) is 7.98. The van der Waals surface area contributed by atoms with Crippen molar-refractivity contribution in [2.45, 2.75) is 26.9 Å². The van der Waals surface area contributed by atoms with E-state index in [1.165, 1.54) is 24.3 Å². The molecule has 0 aliphatic heterocycles. The molecule has 0 fully saturated rings. The fourth-order valence-electron chi connectivity index (χ4n) is 3.52. The van der Waals surface area contributed by atoms with Crippen molar-refractivity contribution in [2.24, 2.45) is 0 Å². The first kappa shape index (κ1) is 24.3. The quantitative estimate of drug-likeness (QED) is 0.215. The highest BCUT2D eigenvalue weighted by Gasteiger charge is 2.40. The number of hydrogen-bond acceptors (Lipinski definition) is 5. The van der Waals surface area contributed by atoms with Crippen molar-refractivity contribution >= 4 is 28.5 Å². The van der Waals surface area contributed by atoms with Crippen LogP contribution in [0.15, 0.2) is 63.8 Å². The van der Waals surface area contributed by atoms with Crippen molar-refractivity contribution in [2.75, 3.05) is 0 Å². The molecule has 1 heterocycles. The molecule has 0 spiro atoms. The molecule has 0 unspecified atom stereocenters. The molecule has 5 nitrogen and oxygen atoms in total. The van der Waals surface area contributed by atoms with E-state index in [0.29, 0.717) is 16.1 Å². The van der Waals surface area contributed by atoms with E-state index in [0.717, 1.165) is 11.6 Å².